The van der Waals surface area contributed by atoms with E-state index in [-0.39, 0.29) is 30.9 Å². The SMILES string of the molecule is O=C(Cn1nnc2ccccc21)N1CC(O)CC1c1cccc(F)c1. The van der Waals surface area contributed by atoms with Gasteiger partial charge in [-0.1, -0.05) is 29.5 Å². The molecule has 1 aliphatic heterocycles. The zero-order chi connectivity index (χ0) is 17.4. The number of rotatable bonds is 3. The Balaban J connectivity index is 1.59. The highest BCUT2D eigenvalue weighted by Crippen LogP contribution is 2.32. The van der Waals surface area contributed by atoms with Gasteiger partial charge in [-0.3, -0.25) is 4.79 Å². The number of benzene rings is 2. The largest absolute Gasteiger partial charge is 0.391 e. The molecule has 1 aliphatic rings. The number of nitrogens with zero attached hydrogens (tertiary/aromatic N) is 4. The lowest BCUT2D eigenvalue weighted by atomic mass is 10.0. The third-order valence-corrected chi connectivity index (χ3v) is 4.54. The lowest BCUT2D eigenvalue weighted by Crippen LogP contribution is -2.34. The zero-order valence-corrected chi connectivity index (χ0v) is 13.4. The van der Waals surface area contributed by atoms with Crippen LogP contribution in [0, 0.1) is 5.82 Å². The quantitative estimate of drug-likeness (QED) is 0.791. The van der Waals surface area contributed by atoms with Crippen molar-refractivity contribution in [3.63, 3.8) is 0 Å². The molecule has 25 heavy (non-hydrogen) atoms. The minimum atomic E-state index is -0.621. The van der Waals surface area contributed by atoms with Crippen molar-refractivity contribution in [2.75, 3.05) is 6.54 Å². The Hall–Kier alpha value is -2.80. The van der Waals surface area contributed by atoms with E-state index in [1.807, 2.05) is 24.3 Å². The number of halogens is 1. The van der Waals surface area contributed by atoms with Crippen LogP contribution in [0.25, 0.3) is 11.0 Å². The Labute approximate surface area is 143 Å². The maximum absolute atomic E-state index is 13.5. The number of para-hydroxylation sites is 1. The summed E-state index contributed by atoms with van der Waals surface area (Å²) in [7, 11) is 0. The summed E-state index contributed by atoms with van der Waals surface area (Å²) in [6.07, 6.45) is -0.225. The molecule has 0 saturated carbocycles. The van der Waals surface area contributed by atoms with Crippen molar-refractivity contribution in [3.8, 4) is 0 Å². The summed E-state index contributed by atoms with van der Waals surface area (Å²) in [5, 5.41) is 18.1. The van der Waals surface area contributed by atoms with Gasteiger partial charge >= 0.3 is 0 Å². The Kier molecular flexibility index (Phi) is 3.93. The van der Waals surface area contributed by atoms with Crippen LogP contribution in [0.2, 0.25) is 0 Å². The maximum atomic E-state index is 13.5. The molecule has 2 unspecified atom stereocenters. The van der Waals surface area contributed by atoms with Gasteiger partial charge in [-0.25, -0.2) is 9.07 Å². The number of hydrogen-bond donors (Lipinski definition) is 1. The number of amides is 1. The normalized spacial score (nSPS) is 20.3. The molecule has 6 nitrogen and oxygen atoms in total. The number of likely N-dealkylation sites (tertiary alicyclic amines) is 1. The van der Waals surface area contributed by atoms with E-state index in [4.69, 9.17) is 0 Å². The summed E-state index contributed by atoms with van der Waals surface area (Å²) < 4.78 is 15.1. The summed E-state index contributed by atoms with van der Waals surface area (Å²) in [6.45, 7) is 0.256. The molecule has 2 aromatic carbocycles. The molecule has 4 rings (SSSR count). The number of carbonyl (C=O) groups excluding carboxylic acids is 1. The van der Waals surface area contributed by atoms with E-state index in [9.17, 15) is 14.3 Å². The van der Waals surface area contributed by atoms with E-state index in [2.05, 4.69) is 10.3 Å². The second-order valence-electron chi connectivity index (χ2n) is 6.24. The first-order chi connectivity index (χ1) is 12.1. The Morgan fingerprint density at radius 2 is 2.08 bits per heavy atom. The van der Waals surface area contributed by atoms with Crippen molar-refractivity contribution in [1.82, 2.24) is 19.9 Å². The van der Waals surface area contributed by atoms with Gasteiger partial charge in [0.15, 0.2) is 0 Å². The van der Waals surface area contributed by atoms with Crippen LogP contribution in [0.4, 0.5) is 4.39 Å². The van der Waals surface area contributed by atoms with Gasteiger partial charge in [-0.05, 0) is 36.2 Å². The molecular weight excluding hydrogens is 323 g/mol. The Bertz CT molecular complexity index is 926. The minimum absolute atomic E-state index is 0.0268. The third kappa shape index (κ3) is 2.98. The molecule has 0 bridgehead atoms. The van der Waals surface area contributed by atoms with Crippen LogP contribution in [-0.2, 0) is 11.3 Å². The van der Waals surface area contributed by atoms with Gasteiger partial charge in [0.05, 0.1) is 17.7 Å². The van der Waals surface area contributed by atoms with Crippen LogP contribution in [0.3, 0.4) is 0 Å². The number of aliphatic hydroxyl groups is 1. The van der Waals surface area contributed by atoms with Crippen molar-refractivity contribution >= 4 is 16.9 Å². The minimum Gasteiger partial charge on any atom is -0.391 e. The second kappa shape index (κ2) is 6.25. The van der Waals surface area contributed by atoms with Crippen LogP contribution >= 0.6 is 0 Å². The summed E-state index contributed by atoms with van der Waals surface area (Å²) in [5.41, 5.74) is 2.18. The zero-order valence-electron chi connectivity index (χ0n) is 13.4. The molecule has 1 amide bonds. The first kappa shape index (κ1) is 15.7. The molecule has 0 spiro atoms. The van der Waals surface area contributed by atoms with Crippen molar-refractivity contribution in [3.05, 3.63) is 59.9 Å². The Morgan fingerprint density at radius 3 is 2.92 bits per heavy atom. The second-order valence-corrected chi connectivity index (χ2v) is 6.24. The number of β-amino-alcohol motifs (C(OH)–C–C–N with tert-alkyl or cyclic N) is 1. The fourth-order valence-corrected chi connectivity index (χ4v) is 3.37. The van der Waals surface area contributed by atoms with Crippen LogP contribution in [0.1, 0.15) is 18.0 Å². The number of aliphatic hydroxyl groups excluding tert-OH is 1. The van der Waals surface area contributed by atoms with Gasteiger partial charge in [0.25, 0.3) is 0 Å². The van der Waals surface area contributed by atoms with Crippen LogP contribution in [0.5, 0.6) is 0 Å². The van der Waals surface area contributed by atoms with Gasteiger partial charge in [0.1, 0.15) is 17.9 Å². The Morgan fingerprint density at radius 1 is 1.24 bits per heavy atom. The van der Waals surface area contributed by atoms with Gasteiger partial charge in [0, 0.05) is 6.54 Å². The lowest BCUT2D eigenvalue weighted by Gasteiger charge is -2.24. The number of carbonyl (C=O) groups is 1. The molecule has 2 heterocycles. The first-order valence-electron chi connectivity index (χ1n) is 8.13. The average molecular weight is 340 g/mol. The standard InChI is InChI=1S/C18H17FN4O2/c19-13-5-3-4-12(8-13)17-9-14(24)10-22(17)18(25)11-23-16-7-2-1-6-15(16)20-21-23/h1-8,14,17,24H,9-11H2. The smallest absolute Gasteiger partial charge is 0.245 e. The molecular formula is C18H17FN4O2. The molecule has 2 atom stereocenters. The van der Waals surface area contributed by atoms with Crippen molar-refractivity contribution < 1.29 is 14.3 Å². The van der Waals surface area contributed by atoms with Gasteiger partial charge < -0.3 is 10.0 Å². The number of hydrogen-bond acceptors (Lipinski definition) is 4. The fraction of sp³-hybridized carbons (Fsp3) is 0.278. The van der Waals surface area contributed by atoms with Crippen molar-refractivity contribution in [1.29, 1.82) is 0 Å². The maximum Gasteiger partial charge on any atom is 0.245 e. The van der Waals surface area contributed by atoms with E-state index >= 15 is 0 Å². The molecule has 0 aliphatic carbocycles. The van der Waals surface area contributed by atoms with Crippen molar-refractivity contribution in [2.45, 2.75) is 25.1 Å². The highest BCUT2D eigenvalue weighted by molar-refractivity contribution is 5.80. The summed E-state index contributed by atoms with van der Waals surface area (Å²) in [5.74, 6) is -0.532. The lowest BCUT2D eigenvalue weighted by molar-refractivity contribution is -0.133. The predicted octanol–water partition coefficient (Wildman–Crippen LogP) is 1.90. The summed E-state index contributed by atoms with van der Waals surface area (Å²) in [6, 6.07) is 13.2. The molecule has 0 radical (unpaired) electrons. The fourth-order valence-electron chi connectivity index (χ4n) is 3.37. The molecule has 3 aromatic rings. The highest BCUT2D eigenvalue weighted by atomic mass is 19.1. The molecule has 1 aromatic heterocycles. The monoisotopic (exact) mass is 340 g/mol. The topological polar surface area (TPSA) is 71.2 Å². The van der Waals surface area contributed by atoms with E-state index < -0.39 is 6.10 Å². The van der Waals surface area contributed by atoms with E-state index in [0.717, 1.165) is 11.0 Å². The molecule has 7 heteroatoms. The van der Waals surface area contributed by atoms with Gasteiger partial charge in [-0.15, -0.1) is 5.10 Å². The summed E-state index contributed by atoms with van der Waals surface area (Å²) in [4.78, 5) is 14.4. The average Bonchev–Trinajstić information content (AvgIpc) is 3.19. The first-order valence-corrected chi connectivity index (χ1v) is 8.13. The number of aromatic nitrogens is 3. The van der Waals surface area contributed by atoms with Crippen LogP contribution in [-0.4, -0.2) is 43.6 Å². The molecule has 128 valence electrons. The van der Waals surface area contributed by atoms with E-state index in [0.29, 0.717) is 12.0 Å². The number of fused-ring (bicyclic) bond motifs is 1. The van der Waals surface area contributed by atoms with Gasteiger partial charge in [0.2, 0.25) is 5.91 Å². The summed E-state index contributed by atoms with van der Waals surface area (Å²) >= 11 is 0. The van der Waals surface area contributed by atoms with E-state index in [1.54, 1.807) is 21.7 Å². The molecule has 1 saturated heterocycles. The molecule has 1 N–H and O–H groups in total. The highest BCUT2D eigenvalue weighted by Gasteiger charge is 2.35. The molecule has 1 fully saturated rings. The third-order valence-electron chi connectivity index (χ3n) is 4.54. The van der Waals surface area contributed by atoms with Gasteiger partial charge in [-0.2, -0.15) is 0 Å². The predicted molar refractivity (Wildman–Crippen MR) is 89.0 cm³/mol. The van der Waals surface area contributed by atoms with Crippen molar-refractivity contribution in [2.24, 2.45) is 0 Å². The van der Waals surface area contributed by atoms with Crippen LogP contribution in [0.15, 0.2) is 48.5 Å². The van der Waals surface area contributed by atoms with E-state index in [1.165, 1.54) is 12.1 Å². The van der Waals surface area contributed by atoms with Crippen LogP contribution < -0.4 is 0 Å².